The topological polar surface area (TPSA) is 34.1 Å². The van der Waals surface area contributed by atoms with Crippen molar-refractivity contribution in [3.05, 3.63) is 35.4 Å². The van der Waals surface area contributed by atoms with Gasteiger partial charge in [-0.05, 0) is 48.4 Å². The molecule has 0 aromatic heterocycles. The standard InChI is InChI=1S/C16H22O.C2H6OSi/c1-16(2,3)14-8-4-12(5-9-14)13-6-10-15(17)11-7-13;1-4(2)3/h4-5,8-9,13H,6-7,10-11H2,1-3H3;1-2H3. The van der Waals surface area contributed by atoms with E-state index in [0.29, 0.717) is 11.7 Å². The van der Waals surface area contributed by atoms with Gasteiger partial charge in [0.15, 0.2) is 0 Å². The summed E-state index contributed by atoms with van der Waals surface area (Å²) in [5.74, 6) is 1.04. The molecule has 0 amide bonds. The average molecular weight is 305 g/mol. The summed E-state index contributed by atoms with van der Waals surface area (Å²) < 4.78 is 9.63. The maximum Gasteiger partial charge on any atom is 0.270 e. The van der Waals surface area contributed by atoms with Crippen LogP contribution in [0.25, 0.3) is 0 Å². The van der Waals surface area contributed by atoms with Gasteiger partial charge in [0.2, 0.25) is 0 Å². The van der Waals surface area contributed by atoms with Gasteiger partial charge < -0.3 is 4.46 Å². The molecule has 0 bridgehead atoms. The van der Waals surface area contributed by atoms with Crippen molar-refractivity contribution in [2.45, 2.75) is 70.9 Å². The van der Waals surface area contributed by atoms with Crippen LogP contribution in [0.5, 0.6) is 0 Å². The maximum atomic E-state index is 11.2. The zero-order valence-electron chi connectivity index (χ0n) is 14.0. The maximum absolute atomic E-state index is 11.2. The van der Waals surface area contributed by atoms with Gasteiger partial charge in [-0.25, -0.2) is 0 Å². The van der Waals surface area contributed by atoms with Gasteiger partial charge in [0.25, 0.3) is 8.68 Å². The molecule has 0 N–H and O–H groups in total. The van der Waals surface area contributed by atoms with Crippen LogP contribution in [0, 0.1) is 0 Å². The van der Waals surface area contributed by atoms with Crippen molar-refractivity contribution >= 4 is 14.5 Å². The fourth-order valence-electron chi connectivity index (χ4n) is 2.53. The second-order valence-corrected chi connectivity index (χ2v) is 8.91. The largest absolute Gasteiger partial charge is 0.389 e. The minimum Gasteiger partial charge on any atom is -0.389 e. The molecule has 0 heterocycles. The van der Waals surface area contributed by atoms with E-state index in [1.54, 1.807) is 13.1 Å². The zero-order chi connectivity index (χ0) is 16.0. The predicted molar refractivity (Wildman–Crippen MR) is 89.5 cm³/mol. The monoisotopic (exact) mass is 304 g/mol. The molecule has 116 valence electrons. The van der Waals surface area contributed by atoms with Crippen molar-refractivity contribution in [1.29, 1.82) is 0 Å². The van der Waals surface area contributed by atoms with E-state index in [1.165, 1.54) is 11.1 Å². The SMILES string of the molecule is CC(C)(C)c1ccc(C2CCC(=O)CC2)cc1.C[Si](C)=O. The molecule has 1 fully saturated rings. The average Bonchev–Trinajstić information content (AvgIpc) is 2.38. The number of carbonyl (C=O) groups excluding carboxylic acids is 1. The lowest BCUT2D eigenvalue weighted by atomic mass is 9.81. The smallest absolute Gasteiger partial charge is 0.270 e. The lowest BCUT2D eigenvalue weighted by Gasteiger charge is -2.23. The van der Waals surface area contributed by atoms with E-state index in [0.717, 1.165) is 25.7 Å². The Labute approximate surface area is 130 Å². The molecule has 1 aromatic rings. The number of ketones is 1. The van der Waals surface area contributed by atoms with Crippen LogP contribution in [-0.2, 0) is 14.7 Å². The van der Waals surface area contributed by atoms with Crippen LogP contribution in [0.2, 0.25) is 13.1 Å². The van der Waals surface area contributed by atoms with E-state index in [9.17, 15) is 9.26 Å². The molecule has 2 nitrogen and oxygen atoms in total. The van der Waals surface area contributed by atoms with Gasteiger partial charge >= 0.3 is 0 Å². The third-order valence-corrected chi connectivity index (χ3v) is 3.79. The van der Waals surface area contributed by atoms with Crippen LogP contribution in [-0.4, -0.2) is 14.5 Å². The van der Waals surface area contributed by atoms with Crippen LogP contribution in [0.4, 0.5) is 0 Å². The highest BCUT2D eigenvalue weighted by Gasteiger charge is 2.20. The Balaban J connectivity index is 0.000000491. The number of hydrogen-bond acceptors (Lipinski definition) is 2. The van der Waals surface area contributed by atoms with Crippen LogP contribution < -0.4 is 0 Å². The molecule has 1 aromatic carbocycles. The van der Waals surface area contributed by atoms with Crippen LogP contribution in [0.3, 0.4) is 0 Å². The van der Waals surface area contributed by atoms with Crippen LogP contribution in [0.1, 0.15) is 63.5 Å². The fraction of sp³-hybridized carbons (Fsp3) is 0.611. The first-order valence-corrected chi connectivity index (χ1v) is 10.2. The summed E-state index contributed by atoms with van der Waals surface area (Å²) in [6.45, 7) is 10.1. The molecule has 0 radical (unpaired) electrons. The van der Waals surface area contributed by atoms with E-state index in [4.69, 9.17) is 0 Å². The highest BCUT2D eigenvalue weighted by atomic mass is 28.2. The molecule has 0 unspecified atom stereocenters. The summed E-state index contributed by atoms with van der Waals surface area (Å²) in [6, 6.07) is 8.99. The van der Waals surface area contributed by atoms with Crippen molar-refractivity contribution in [3.63, 3.8) is 0 Å². The number of benzene rings is 1. The Morgan fingerprint density at radius 1 is 1.00 bits per heavy atom. The number of hydrogen-bond donors (Lipinski definition) is 0. The molecule has 1 aliphatic rings. The Morgan fingerprint density at radius 3 is 1.81 bits per heavy atom. The second-order valence-electron chi connectivity index (χ2n) is 7.09. The Hall–Kier alpha value is -1.09. The molecular formula is C18H28O2Si. The third kappa shape index (κ3) is 6.47. The Morgan fingerprint density at radius 2 is 1.43 bits per heavy atom. The molecule has 0 atom stereocenters. The number of Topliss-reactive ketones (excluding diaryl/α,β-unsaturated/α-hetero) is 1. The molecule has 1 saturated carbocycles. The zero-order valence-corrected chi connectivity index (χ0v) is 15.0. The number of carbonyl (C=O) groups is 1. The van der Waals surface area contributed by atoms with Crippen molar-refractivity contribution in [2.75, 3.05) is 0 Å². The van der Waals surface area contributed by atoms with Gasteiger partial charge in [-0.2, -0.15) is 0 Å². The summed E-state index contributed by atoms with van der Waals surface area (Å²) in [5.41, 5.74) is 3.01. The third-order valence-electron chi connectivity index (χ3n) is 3.79. The van der Waals surface area contributed by atoms with Gasteiger partial charge in [0.1, 0.15) is 5.78 Å². The summed E-state index contributed by atoms with van der Waals surface area (Å²) >= 11 is 0. The van der Waals surface area contributed by atoms with E-state index < -0.39 is 8.68 Å². The minimum atomic E-state index is -1.13. The predicted octanol–water partition coefficient (Wildman–Crippen LogP) is 4.88. The first-order chi connectivity index (χ1) is 9.70. The summed E-state index contributed by atoms with van der Waals surface area (Å²) in [4.78, 5) is 11.2. The molecule has 3 heteroatoms. The van der Waals surface area contributed by atoms with E-state index in [1.807, 2.05) is 0 Å². The van der Waals surface area contributed by atoms with Gasteiger partial charge in [-0.1, -0.05) is 45.0 Å². The lowest BCUT2D eigenvalue weighted by molar-refractivity contribution is -0.120. The van der Waals surface area contributed by atoms with E-state index in [-0.39, 0.29) is 5.41 Å². The quantitative estimate of drug-likeness (QED) is 0.693. The van der Waals surface area contributed by atoms with E-state index in [2.05, 4.69) is 45.0 Å². The molecule has 0 aliphatic heterocycles. The lowest BCUT2D eigenvalue weighted by Crippen LogP contribution is -2.14. The fourth-order valence-corrected chi connectivity index (χ4v) is 2.53. The number of rotatable bonds is 1. The second kappa shape index (κ2) is 7.78. The summed E-state index contributed by atoms with van der Waals surface area (Å²) in [7, 11) is -1.13. The molecule has 2 rings (SSSR count). The highest BCUT2D eigenvalue weighted by Crippen LogP contribution is 2.32. The molecule has 0 saturated heterocycles. The van der Waals surface area contributed by atoms with Crippen molar-refractivity contribution in [3.8, 4) is 0 Å². The Kier molecular flexibility index (Phi) is 6.66. The van der Waals surface area contributed by atoms with Crippen LogP contribution in [0.15, 0.2) is 24.3 Å². The van der Waals surface area contributed by atoms with E-state index >= 15 is 0 Å². The molecule has 0 spiro atoms. The Bertz CT molecular complexity index is 469. The first-order valence-electron chi connectivity index (χ1n) is 7.79. The minimum absolute atomic E-state index is 0.223. The first kappa shape index (κ1) is 18.0. The molecule has 1 aliphatic carbocycles. The summed E-state index contributed by atoms with van der Waals surface area (Å²) in [5, 5.41) is 0. The van der Waals surface area contributed by atoms with Gasteiger partial charge in [0.05, 0.1) is 0 Å². The highest BCUT2D eigenvalue weighted by molar-refractivity contribution is 6.38. The molecular weight excluding hydrogens is 276 g/mol. The molecule has 21 heavy (non-hydrogen) atoms. The van der Waals surface area contributed by atoms with Gasteiger partial charge in [-0.3, -0.25) is 4.79 Å². The van der Waals surface area contributed by atoms with Crippen LogP contribution >= 0.6 is 0 Å². The van der Waals surface area contributed by atoms with Crippen molar-refractivity contribution in [1.82, 2.24) is 0 Å². The van der Waals surface area contributed by atoms with Crippen molar-refractivity contribution in [2.24, 2.45) is 0 Å². The normalized spacial score (nSPS) is 16.1. The summed E-state index contributed by atoms with van der Waals surface area (Å²) in [6.07, 6.45) is 3.61. The van der Waals surface area contributed by atoms with Gasteiger partial charge in [0, 0.05) is 12.8 Å². The van der Waals surface area contributed by atoms with Gasteiger partial charge in [-0.15, -0.1) is 0 Å². The van der Waals surface area contributed by atoms with Crippen molar-refractivity contribution < 1.29 is 9.26 Å².